The summed E-state index contributed by atoms with van der Waals surface area (Å²) in [5, 5.41) is 23.2. The first-order valence-corrected chi connectivity index (χ1v) is 11.7. The van der Waals surface area contributed by atoms with Crippen LogP contribution in [0.5, 0.6) is 0 Å². The first-order valence-electron chi connectivity index (χ1n) is 11.7. The van der Waals surface area contributed by atoms with Crippen LogP contribution in [0.2, 0.25) is 0 Å². The summed E-state index contributed by atoms with van der Waals surface area (Å²) in [6.07, 6.45) is 8.02. The molecular weight excluding hydrogens is 438 g/mol. The molecule has 4 heterocycles. The fraction of sp³-hybridized carbons (Fsp3) is 0.478. The van der Waals surface area contributed by atoms with Crippen LogP contribution in [-0.4, -0.2) is 62.6 Å². The van der Waals surface area contributed by atoms with E-state index in [4.69, 9.17) is 4.74 Å². The number of aliphatic hydroxyl groups excluding tert-OH is 1. The van der Waals surface area contributed by atoms with Gasteiger partial charge < -0.3 is 30.4 Å². The van der Waals surface area contributed by atoms with Crippen molar-refractivity contribution in [3.05, 3.63) is 46.5 Å². The Balaban J connectivity index is 1.46. The summed E-state index contributed by atoms with van der Waals surface area (Å²) in [5.41, 5.74) is 0.906. The van der Waals surface area contributed by atoms with Crippen LogP contribution in [0, 0.1) is 0 Å². The van der Waals surface area contributed by atoms with Gasteiger partial charge in [-0.05, 0) is 25.0 Å². The minimum atomic E-state index is -0.756. The Morgan fingerprint density at radius 3 is 2.79 bits per heavy atom. The molecule has 180 valence electrons. The molecule has 0 spiro atoms. The molecule has 1 saturated carbocycles. The number of anilines is 3. The molecular formula is C23H29N7O4. The van der Waals surface area contributed by atoms with E-state index in [9.17, 15) is 14.7 Å². The van der Waals surface area contributed by atoms with Crippen LogP contribution < -0.4 is 21.5 Å². The number of aliphatic hydroxyl groups is 1. The number of ether oxygens (including phenoxy) is 1. The van der Waals surface area contributed by atoms with Crippen LogP contribution in [0.25, 0.3) is 5.65 Å². The van der Waals surface area contributed by atoms with Gasteiger partial charge in [0.15, 0.2) is 5.65 Å². The number of rotatable bonds is 6. The number of fused-ring (bicyclic) bond motifs is 1. The molecule has 2 aliphatic rings. The molecule has 1 amide bonds. The van der Waals surface area contributed by atoms with Crippen LogP contribution in [0.3, 0.4) is 0 Å². The number of hydrogen-bond acceptors (Lipinski definition) is 8. The quantitative estimate of drug-likeness (QED) is 0.430. The zero-order chi connectivity index (χ0) is 23.7. The monoisotopic (exact) mass is 467 g/mol. The molecule has 11 nitrogen and oxygen atoms in total. The molecule has 0 unspecified atom stereocenters. The van der Waals surface area contributed by atoms with Gasteiger partial charge in [-0.15, -0.1) is 0 Å². The summed E-state index contributed by atoms with van der Waals surface area (Å²) in [7, 11) is 1.74. The van der Waals surface area contributed by atoms with Crippen molar-refractivity contribution in [3.63, 3.8) is 0 Å². The lowest BCUT2D eigenvalue weighted by Crippen LogP contribution is -2.42. The van der Waals surface area contributed by atoms with Gasteiger partial charge in [-0.1, -0.05) is 19.3 Å². The van der Waals surface area contributed by atoms with Crippen molar-refractivity contribution in [3.8, 4) is 0 Å². The molecule has 4 N–H and O–H groups in total. The van der Waals surface area contributed by atoms with E-state index in [1.165, 1.54) is 17.1 Å². The highest BCUT2D eigenvalue weighted by molar-refractivity contribution is 6.00. The highest BCUT2D eigenvalue weighted by Crippen LogP contribution is 2.27. The maximum atomic E-state index is 13.2. The standard InChI is InChI=1S/C23H29N7O4/c1-24-20-10-19(26-16-8-5-9-29(23(16)33)14-6-3-2-4-7-14)28-21-15(11-25-30(20)21)22(32)27-17-12-34-13-18(17)31/h5,8-11,14,17-18,24,31H,2-4,6-7,12-13H2,1H3,(H,26,28)(H,27,32)/t17-,18+/m0/s1. The summed E-state index contributed by atoms with van der Waals surface area (Å²) >= 11 is 0. The predicted octanol–water partition coefficient (Wildman–Crippen LogP) is 1.67. The highest BCUT2D eigenvalue weighted by Gasteiger charge is 2.29. The molecule has 34 heavy (non-hydrogen) atoms. The second-order valence-corrected chi connectivity index (χ2v) is 8.81. The third kappa shape index (κ3) is 4.24. The van der Waals surface area contributed by atoms with E-state index in [-0.39, 0.29) is 30.4 Å². The largest absolute Gasteiger partial charge is 0.388 e. The van der Waals surface area contributed by atoms with Gasteiger partial charge in [0.2, 0.25) is 0 Å². The van der Waals surface area contributed by atoms with E-state index in [1.54, 1.807) is 19.2 Å². The summed E-state index contributed by atoms with van der Waals surface area (Å²) in [6.45, 7) is 0.431. The van der Waals surface area contributed by atoms with Crippen molar-refractivity contribution in [1.82, 2.24) is 24.5 Å². The van der Waals surface area contributed by atoms with E-state index in [1.807, 2.05) is 16.8 Å². The van der Waals surface area contributed by atoms with Crippen molar-refractivity contribution >= 4 is 28.9 Å². The molecule has 5 rings (SSSR count). The Bertz CT molecular complexity index is 1250. The van der Waals surface area contributed by atoms with Gasteiger partial charge in [0.1, 0.15) is 22.9 Å². The topological polar surface area (TPSA) is 135 Å². The van der Waals surface area contributed by atoms with Crippen molar-refractivity contribution in [2.24, 2.45) is 0 Å². The Labute approximate surface area is 196 Å². The minimum absolute atomic E-state index is 0.0937. The highest BCUT2D eigenvalue weighted by atomic mass is 16.5. The molecule has 1 saturated heterocycles. The van der Waals surface area contributed by atoms with Gasteiger partial charge in [0, 0.05) is 25.4 Å². The van der Waals surface area contributed by atoms with Gasteiger partial charge in [-0.3, -0.25) is 9.59 Å². The Hall–Kier alpha value is -3.44. The molecule has 1 aliphatic carbocycles. The maximum Gasteiger partial charge on any atom is 0.274 e. The average Bonchev–Trinajstić information content (AvgIpc) is 3.46. The lowest BCUT2D eigenvalue weighted by molar-refractivity contribution is 0.0888. The molecule has 2 atom stereocenters. The summed E-state index contributed by atoms with van der Waals surface area (Å²) < 4.78 is 8.54. The molecule has 0 aromatic carbocycles. The summed E-state index contributed by atoms with van der Waals surface area (Å²) in [5.74, 6) is 0.601. The SMILES string of the molecule is CNc1cc(Nc2cccn(C3CCCCC3)c2=O)nc2c(C(=O)N[C@H]3COC[C@H]3O)cnn12. The van der Waals surface area contributed by atoms with E-state index >= 15 is 0 Å². The first-order chi connectivity index (χ1) is 16.5. The first kappa shape index (κ1) is 22.4. The van der Waals surface area contributed by atoms with Crippen molar-refractivity contribution < 1.29 is 14.6 Å². The normalized spacial score (nSPS) is 21.0. The molecule has 3 aromatic heterocycles. The second-order valence-electron chi connectivity index (χ2n) is 8.81. The van der Waals surface area contributed by atoms with Gasteiger partial charge in [-0.2, -0.15) is 9.61 Å². The van der Waals surface area contributed by atoms with E-state index in [2.05, 4.69) is 26.0 Å². The Kier molecular flexibility index (Phi) is 6.20. The molecule has 0 radical (unpaired) electrons. The van der Waals surface area contributed by atoms with Crippen LogP contribution in [-0.2, 0) is 4.74 Å². The number of hydrogen-bond donors (Lipinski definition) is 4. The second kappa shape index (κ2) is 9.43. The third-order valence-electron chi connectivity index (χ3n) is 6.54. The molecule has 1 aliphatic heterocycles. The number of carbonyl (C=O) groups is 1. The maximum absolute atomic E-state index is 13.2. The average molecular weight is 468 g/mol. The van der Waals surface area contributed by atoms with Crippen LogP contribution >= 0.6 is 0 Å². The number of nitrogens with one attached hydrogen (secondary N) is 3. The van der Waals surface area contributed by atoms with Gasteiger partial charge >= 0.3 is 0 Å². The Morgan fingerprint density at radius 1 is 1.24 bits per heavy atom. The lowest BCUT2D eigenvalue weighted by Gasteiger charge is -2.24. The van der Waals surface area contributed by atoms with Crippen LogP contribution in [0.15, 0.2) is 35.4 Å². The molecule has 3 aromatic rings. The summed E-state index contributed by atoms with van der Waals surface area (Å²) in [4.78, 5) is 30.7. The zero-order valence-corrected chi connectivity index (χ0v) is 19.0. The van der Waals surface area contributed by atoms with Crippen LogP contribution in [0.1, 0.15) is 48.5 Å². The smallest absolute Gasteiger partial charge is 0.274 e. The number of pyridine rings is 1. The fourth-order valence-corrected chi connectivity index (χ4v) is 4.68. The molecule has 0 bridgehead atoms. The minimum Gasteiger partial charge on any atom is -0.388 e. The molecule has 2 fully saturated rings. The van der Waals surface area contributed by atoms with Gasteiger partial charge in [0.25, 0.3) is 11.5 Å². The van der Waals surface area contributed by atoms with Crippen molar-refractivity contribution in [1.29, 1.82) is 0 Å². The number of nitrogens with zero attached hydrogens (tertiary/aromatic N) is 4. The lowest BCUT2D eigenvalue weighted by atomic mass is 9.95. The Morgan fingerprint density at radius 2 is 2.06 bits per heavy atom. The van der Waals surface area contributed by atoms with E-state index in [0.717, 1.165) is 25.7 Å². The van der Waals surface area contributed by atoms with Gasteiger partial charge in [0.05, 0.1) is 31.6 Å². The number of carbonyl (C=O) groups excluding carboxylic acids is 1. The van der Waals surface area contributed by atoms with E-state index < -0.39 is 18.1 Å². The number of aromatic nitrogens is 4. The third-order valence-corrected chi connectivity index (χ3v) is 6.54. The summed E-state index contributed by atoms with van der Waals surface area (Å²) in [6, 6.07) is 5.05. The van der Waals surface area contributed by atoms with Gasteiger partial charge in [-0.25, -0.2) is 4.98 Å². The number of amides is 1. The van der Waals surface area contributed by atoms with E-state index in [0.29, 0.717) is 23.0 Å². The van der Waals surface area contributed by atoms with Crippen molar-refractivity contribution in [2.45, 2.75) is 50.3 Å². The van der Waals surface area contributed by atoms with Crippen LogP contribution in [0.4, 0.5) is 17.3 Å². The zero-order valence-electron chi connectivity index (χ0n) is 19.0. The fourth-order valence-electron chi connectivity index (χ4n) is 4.68. The predicted molar refractivity (Wildman–Crippen MR) is 127 cm³/mol. The van der Waals surface area contributed by atoms with Crippen molar-refractivity contribution in [2.75, 3.05) is 30.9 Å². The molecule has 11 heteroatoms.